The van der Waals surface area contributed by atoms with Crippen LogP contribution >= 0.6 is 11.6 Å². The quantitative estimate of drug-likeness (QED) is 0.520. The number of hydrogen-bond donors (Lipinski definition) is 0. The van der Waals surface area contributed by atoms with Gasteiger partial charge in [-0.25, -0.2) is 9.37 Å². The molecule has 3 aromatic rings. The molecule has 0 spiro atoms. The van der Waals surface area contributed by atoms with Crippen LogP contribution in [0.4, 0.5) is 4.39 Å². The lowest BCUT2D eigenvalue weighted by Gasteiger charge is -2.41. The van der Waals surface area contributed by atoms with E-state index in [0.717, 1.165) is 31.9 Å². The van der Waals surface area contributed by atoms with Gasteiger partial charge in [0.2, 0.25) is 5.88 Å². The molecule has 7 nitrogen and oxygen atoms in total. The predicted octanol–water partition coefficient (Wildman–Crippen LogP) is 4.55. The van der Waals surface area contributed by atoms with Crippen molar-refractivity contribution in [3.05, 3.63) is 65.3 Å². The maximum absolute atomic E-state index is 13.7. The molecule has 1 amide bonds. The van der Waals surface area contributed by atoms with E-state index in [-0.39, 0.29) is 17.9 Å². The van der Waals surface area contributed by atoms with Crippen molar-refractivity contribution in [2.45, 2.75) is 38.6 Å². The standard InChI is InChI=1S/C23H25ClFN5O2/c1-2-4-20-16(15-32-22-9-7-18(25)14-26-22)5-3-12-29(20)23(31)19-13-17(24)6-8-21(19)30-27-10-11-28-30/h6-11,13-14,16,20H,2-5,12,15H2,1H3/t16-,20?/m1/s1. The molecule has 0 N–H and O–H groups in total. The first-order valence-corrected chi connectivity index (χ1v) is 11.2. The molecule has 4 rings (SSSR count). The van der Waals surface area contributed by atoms with Crippen molar-refractivity contribution in [2.24, 2.45) is 5.92 Å². The lowest BCUT2D eigenvalue weighted by molar-refractivity contribution is 0.0377. The van der Waals surface area contributed by atoms with Gasteiger partial charge in [0.05, 0.1) is 36.4 Å². The molecule has 3 heterocycles. The average molecular weight is 458 g/mol. The molecule has 0 aliphatic carbocycles. The number of ether oxygens (including phenoxy) is 1. The van der Waals surface area contributed by atoms with Crippen LogP contribution in [0.3, 0.4) is 0 Å². The Labute approximate surface area is 191 Å². The molecule has 2 aromatic heterocycles. The number of rotatable bonds is 7. The number of piperidine rings is 1. The summed E-state index contributed by atoms with van der Waals surface area (Å²) in [7, 11) is 0. The van der Waals surface area contributed by atoms with E-state index < -0.39 is 5.82 Å². The Bertz CT molecular complexity index is 1050. The molecule has 2 atom stereocenters. The summed E-state index contributed by atoms with van der Waals surface area (Å²) in [5.41, 5.74) is 1.06. The van der Waals surface area contributed by atoms with Crippen molar-refractivity contribution in [3.8, 4) is 11.6 Å². The van der Waals surface area contributed by atoms with Crippen molar-refractivity contribution >= 4 is 17.5 Å². The zero-order valence-corrected chi connectivity index (χ0v) is 18.6. The summed E-state index contributed by atoms with van der Waals surface area (Å²) in [6.07, 6.45) is 7.88. The Balaban J connectivity index is 1.57. The molecule has 1 aliphatic heterocycles. The highest BCUT2D eigenvalue weighted by Gasteiger charge is 2.35. The van der Waals surface area contributed by atoms with Gasteiger partial charge in [-0.15, -0.1) is 0 Å². The van der Waals surface area contributed by atoms with Gasteiger partial charge in [0.25, 0.3) is 5.91 Å². The highest BCUT2D eigenvalue weighted by molar-refractivity contribution is 6.31. The number of carbonyl (C=O) groups excluding carboxylic acids is 1. The van der Waals surface area contributed by atoms with Crippen LogP contribution in [0, 0.1) is 11.7 Å². The van der Waals surface area contributed by atoms with E-state index >= 15 is 0 Å². The molecular weight excluding hydrogens is 433 g/mol. The van der Waals surface area contributed by atoms with Crippen LogP contribution in [0.15, 0.2) is 48.9 Å². The van der Waals surface area contributed by atoms with Crippen molar-refractivity contribution in [2.75, 3.05) is 13.2 Å². The summed E-state index contributed by atoms with van der Waals surface area (Å²) < 4.78 is 19.0. The van der Waals surface area contributed by atoms with E-state index in [9.17, 15) is 9.18 Å². The van der Waals surface area contributed by atoms with Crippen molar-refractivity contribution in [3.63, 3.8) is 0 Å². The summed E-state index contributed by atoms with van der Waals surface area (Å²) in [4.78, 5) is 21.1. The maximum atomic E-state index is 13.7. The zero-order chi connectivity index (χ0) is 22.5. The second-order valence-electron chi connectivity index (χ2n) is 7.86. The van der Waals surface area contributed by atoms with E-state index in [0.29, 0.717) is 35.3 Å². The fourth-order valence-electron chi connectivity index (χ4n) is 4.26. The highest BCUT2D eigenvalue weighted by atomic mass is 35.5. The van der Waals surface area contributed by atoms with E-state index in [1.807, 2.05) is 4.90 Å². The fraction of sp³-hybridized carbons (Fsp3) is 0.391. The first-order chi connectivity index (χ1) is 15.6. The van der Waals surface area contributed by atoms with E-state index in [1.165, 1.54) is 16.9 Å². The summed E-state index contributed by atoms with van der Waals surface area (Å²) in [5, 5.41) is 8.85. The number of nitrogens with zero attached hydrogens (tertiary/aromatic N) is 5. The number of likely N-dealkylation sites (tertiary alicyclic amines) is 1. The summed E-state index contributed by atoms with van der Waals surface area (Å²) in [6, 6.07) is 8.02. The smallest absolute Gasteiger partial charge is 0.256 e. The summed E-state index contributed by atoms with van der Waals surface area (Å²) >= 11 is 6.24. The van der Waals surface area contributed by atoms with E-state index in [1.54, 1.807) is 30.6 Å². The molecule has 0 bridgehead atoms. The molecule has 9 heteroatoms. The second kappa shape index (κ2) is 10.1. The monoisotopic (exact) mass is 457 g/mol. The van der Waals surface area contributed by atoms with Crippen LogP contribution < -0.4 is 4.74 Å². The van der Waals surface area contributed by atoms with Crippen LogP contribution in [0.25, 0.3) is 5.69 Å². The lowest BCUT2D eigenvalue weighted by atomic mass is 9.86. The van der Waals surface area contributed by atoms with Crippen LogP contribution in [0.1, 0.15) is 43.0 Å². The van der Waals surface area contributed by atoms with Gasteiger partial charge in [-0.2, -0.15) is 15.0 Å². The van der Waals surface area contributed by atoms with Crippen molar-refractivity contribution < 1.29 is 13.9 Å². The Morgan fingerprint density at radius 1 is 1.25 bits per heavy atom. The van der Waals surface area contributed by atoms with Crippen LogP contribution in [0.5, 0.6) is 5.88 Å². The van der Waals surface area contributed by atoms with Gasteiger partial charge in [-0.05, 0) is 43.5 Å². The number of hydrogen-bond acceptors (Lipinski definition) is 5. The van der Waals surface area contributed by atoms with Gasteiger partial charge in [-0.3, -0.25) is 4.79 Å². The van der Waals surface area contributed by atoms with Gasteiger partial charge in [-0.1, -0.05) is 24.9 Å². The number of halogens is 2. The maximum Gasteiger partial charge on any atom is 0.256 e. The van der Waals surface area contributed by atoms with Crippen LogP contribution in [-0.2, 0) is 0 Å². The van der Waals surface area contributed by atoms with Gasteiger partial charge in [0.15, 0.2) is 0 Å². The second-order valence-corrected chi connectivity index (χ2v) is 8.30. The fourth-order valence-corrected chi connectivity index (χ4v) is 4.43. The lowest BCUT2D eigenvalue weighted by Crippen LogP contribution is -2.50. The zero-order valence-electron chi connectivity index (χ0n) is 17.8. The molecule has 0 radical (unpaired) electrons. The van der Waals surface area contributed by atoms with Gasteiger partial charge in [0.1, 0.15) is 5.82 Å². The van der Waals surface area contributed by atoms with E-state index in [2.05, 4.69) is 22.1 Å². The first kappa shape index (κ1) is 22.2. The third-order valence-electron chi connectivity index (χ3n) is 5.73. The summed E-state index contributed by atoms with van der Waals surface area (Å²) in [5.74, 6) is 0.0273. The Morgan fingerprint density at radius 3 is 2.78 bits per heavy atom. The molecule has 1 saturated heterocycles. The SMILES string of the molecule is CCCC1[C@@H](COc2ccc(F)cn2)CCCN1C(=O)c1cc(Cl)ccc1-n1nccn1. The minimum Gasteiger partial charge on any atom is -0.477 e. The van der Waals surface area contributed by atoms with Crippen molar-refractivity contribution in [1.29, 1.82) is 0 Å². The Kier molecular flexibility index (Phi) is 6.99. The molecule has 0 saturated carbocycles. The molecule has 1 unspecified atom stereocenters. The number of benzene rings is 1. The van der Waals surface area contributed by atoms with Gasteiger partial charge >= 0.3 is 0 Å². The largest absolute Gasteiger partial charge is 0.477 e. The normalized spacial score (nSPS) is 18.5. The molecular formula is C23H25ClFN5O2. The Hall–Kier alpha value is -3.00. The number of carbonyl (C=O) groups is 1. The summed E-state index contributed by atoms with van der Waals surface area (Å²) in [6.45, 7) is 3.18. The van der Waals surface area contributed by atoms with Crippen LogP contribution in [0.2, 0.25) is 5.02 Å². The molecule has 1 aliphatic rings. The third-order valence-corrected chi connectivity index (χ3v) is 5.97. The minimum atomic E-state index is -0.403. The average Bonchev–Trinajstić information content (AvgIpc) is 3.34. The topological polar surface area (TPSA) is 73.1 Å². The predicted molar refractivity (Wildman–Crippen MR) is 119 cm³/mol. The molecule has 1 fully saturated rings. The number of aromatic nitrogens is 4. The third kappa shape index (κ3) is 4.91. The molecule has 32 heavy (non-hydrogen) atoms. The number of pyridine rings is 1. The van der Waals surface area contributed by atoms with Gasteiger partial charge in [0, 0.05) is 29.6 Å². The highest BCUT2D eigenvalue weighted by Crippen LogP contribution is 2.31. The molecule has 168 valence electrons. The number of amides is 1. The first-order valence-electron chi connectivity index (χ1n) is 10.8. The van der Waals surface area contributed by atoms with Crippen molar-refractivity contribution in [1.82, 2.24) is 24.9 Å². The van der Waals surface area contributed by atoms with Gasteiger partial charge < -0.3 is 9.64 Å². The molecule has 1 aromatic carbocycles. The Morgan fingerprint density at radius 2 is 2.06 bits per heavy atom. The van der Waals surface area contributed by atoms with Crippen LogP contribution in [-0.4, -0.2) is 50.0 Å². The van der Waals surface area contributed by atoms with E-state index in [4.69, 9.17) is 16.3 Å². The minimum absolute atomic E-state index is 0.0131.